The zero-order chi connectivity index (χ0) is 22.2. The molecule has 1 aliphatic carbocycles. The van der Waals surface area contributed by atoms with Gasteiger partial charge in [0.2, 0.25) is 0 Å². The third-order valence-corrected chi connectivity index (χ3v) is 7.51. The third-order valence-electron chi connectivity index (χ3n) is 5.72. The minimum Gasteiger partial charge on any atom is -0.489 e. The van der Waals surface area contributed by atoms with E-state index in [1.165, 1.54) is 0 Å². The van der Waals surface area contributed by atoms with E-state index in [-0.39, 0.29) is 4.90 Å². The Kier molecular flexibility index (Phi) is 5.79. The summed E-state index contributed by atoms with van der Waals surface area (Å²) in [5.41, 5.74) is 4.52. The lowest BCUT2D eigenvalue weighted by molar-refractivity contribution is 0.301. The van der Waals surface area contributed by atoms with Gasteiger partial charge in [0.15, 0.2) is 0 Å². The van der Waals surface area contributed by atoms with Crippen LogP contribution in [0.15, 0.2) is 51.9 Å². The van der Waals surface area contributed by atoms with Crippen molar-refractivity contribution in [3.05, 3.63) is 70.6 Å². The number of rotatable bonds is 8. The molecule has 0 N–H and O–H groups in total. The van der Waals surface area contributed by atoms with Gasteiger partial charge >= 0.3 is 0 Å². The molecule has 3 aromatic rings. The van der Waals surface area contributed by atoms with Crippen LogP contribution in [-0.4, -0.2) is 20.1 Å². The lowest BCUT2D eigenvalue weighted by atomic mass is 10.1. The molecule has 1 fully saturated rings. The molecule has 2 aromatic carbocycles. The number of hydrogen-bond acceptors (Lipinski definition) is 5. The first kappa shape index (κ1) is 21.4. The first-order valence-electron chi connectivity index (χ1n) is 10.5. The van der Waals surface area contributed by atoms with E-state index >= 15 is 0 Å². The molecular weight excluding hydrogens is 412 g/mol. The van der Waals surface area contributed by atoms with Gasteiger partial charge in [-0.3, -0.25) is 4.31 Å². The summed E-state index contributed by atoms with van der Waals surface area (Å²) in [6.45, 7) is 8.52. The van der Waals surface area contributed by atoms with Crippen molar-refractivity contribution in [2.75, 3.05) is 10.8 Å². The summed E-state index contributed by atoms with van der Waals surface area (Å²) in [5, 5.41) is 3.92. The Hall–Kier alpha value is -2.80. The van der Waals surface area contributed by atoms with Crippen LogP contribution in [0.5, 0.6) is 5.75 Å². The van der Waals surface area contributed by atoms with Crippen LogP contribution in [0, 0.1) is 33.6 Å². The predicted molar refractivity (Wildman–Crippen MR) is 120 cm³/mol. The molecule has 1 aliphatic rings. The second kappa shape index (κ2) is 8.38. The van der Waals surface area contributed by atoms with E-state index < -0.39 is 10.0 Å². The monoisotopic (exact) mass is 440 g/mol. The van der Waals surface area contributed by atoms with E-state index in [1.807, 2.05) is 45.9 Å². The van der Waals surface area contributed by atoms with Crippen LogP contribution in [0.3, 0.4) is 0 Å². The first-order valence-corrected chi connectivity index (χ1v) is 11.9. The number of nitrogens with zero attached hydrogens (tertiary/aromatic N) is 2. The Morgan fingerprint density at radius 2 is 1.77 bits per heavy atom. The lowest BCUT2D eigenvalue weighted by Crippen LogP contribution is -2.33. The zero-order valence-electron chi connectivity index (χ0n) is 18.4. The van der Waals surface area contributed by atoms with Crippen molar-refractivity contribution < 1.29 is 17.7 Å². The Morgan fingerprint density at radius 1 is 1.06 bits per heavy atom. The average Bonchev–Trinajstić information content (AvgIpc) is 3.50. The molecule has 7 heteroatoms. The quantitative estimate of drug-likeness (QED) is 0.488. The van der Waals surface area contributed by atoms with Crippen molar-refractivity contribution in [1.82, 2.24) is 5.16 Å². The number of aryl methyl sites for hydroxylation is 4. The van der Waals surface area contributed by atoms with Gasteiger partial charge in [-0.05, 0) is 82.3 Å². The summed E-state index contributed by atoms with van der Waals surface area (Å²) in [6.07, 6.45) is 2.15. The van der Waals surface area contributed by atoms with Gasteiger partial charge in [0.25, 0.3) is 10.0 Å². The van der Waals surface area contributed by atoms with Gasteiger partial charge in [-0.15, -0.1) is 0 Å². The van der Waals surface area contributed by atoms with Gasteiger partial charge < -0.3 is 9.26 Å². The molecule has 1 aromatic heterocycles. The molecule has 31 heavy (non-hydrogen) atoms. The molecular formula is C24H28N2O4S. The number of ether oxygens (including phenoxy) is 1. The normalized spacial score (nSPS) is 13.9. The standard InChI is InChI=1S/C24H28N2O4S/c1-16-5-12-24(17(2)13-16)26(14-20-6-7-20)31(27,28)22-10-8-21(9-11-22)29-15-23-18(3)25-30-19(23)4/h5,8-13,20H,6-7,14-15H2,1-4H3. The molecule has 0 atom stereocenters. The van der Waals surface area contributed by atoms with Crippen molar-refractivity contribution in [3.63, 3.8) is 0 Å². The SMILES string of the molecule is Cc1ccc(N(CC2CC2)S(=O)(=O)c2ccc(OCc3c(C)noc3C)cc2)c(C)c1. The molecule has 0 aliphatic heterocycles. The largest absolute Gasteiger partial charge is 0.489 e. The van der Waals surface area contributed by atoms with Crippen molar-refractivity contribution in [3.8, 4) is 5.75 Å². The van der Waals surface area contributed by atoms with Crippen LogP contribution >= 0.6 is 0 Å². The van der Waals surface area contributed by atoms with E-state index in [9.17, 15) is 8.42 Å². The summed E-state index contributed by atoms with van der Waals surface area (Å²) in [4.78, 5) is 0.262. The van der Waals surface area contributed by atoms with Crippen LogP contribution < -0.4 is 9.04 Å². The summed E-state index contributed by atoms with van der Waals surface area (Å²) in [6, 6.07) is 12.5. The van der Waals surface area contributed by atoms with Crippen molar-refractivity contribution in [2.24, 2.45) is 5.92 Å². The Balaban J connectivity index is 1.57. The van der Waals surface area contributed by atoms with Crippen molar-refractivity contribution in [2.45, 2.75) is 52.0 Å². The van der Waals surface area contributed by atoms with Crippen LogP contribution in [0.4, 0.5) is 5.69 Å². The fourth-order valence-electron chi connectivity index (χ4n) is 3.64. The van der Waals surface area contributed by atoms with E-state index in [4.69, 9.17) is 9.26 Å². The molecule has 164 valence electrons. The highest BCUT2D eigenvalue weighted by Gasteiger charge is 2.32. The lowest BCUT2D eigenvalue weighted by Gasteiger charge is -2.26. The minimum absolute atomic E-state index is 0.262. The molecule has 0 saturated heterocycles. The number of sulfonamides is 1. The molecule has 0 spiro atoms. The Bertz CT molecular complexity index is 1160. The predicted octanol–water partition coefficient (Wildman–Crippen LogP) is 5.09. The fraction of sp³-hybridized carbons (Fsp3) is 0.375. The Labute approximate surface area is 183 Å². The number of aromatic nitrogens is 1. The zero-order valence-corrected chi connectivity index (χ0v) is 19.2. The van der Waals surface area contributed by atoms with E-state index in [0.717, 1.165) is 46.7 Å². The topological polar surface area (TPSA) is 72.6 Å². The van der Waals surface area contributed by atoms with Gasteiger partial charge in [0.05, 0.1) is 21.8 Å². The minimum atomic E-state index is -3.68. The Morgan fingerprint density at radius 3 is 2.35 bits per heavy atom. The molecule has 0 amide bonds. The summed E-state index contributed by atoms with van der Waals surface area (Å²) >= 11 is 0. The molecule has 1 heterocycles. The maximum atomic E-state index is 13.5. The van der Waals surface area contributed by atoms with Gasteiger partial charge in [-0.1, -0.05) is 22.9 Å². The average molecular weight is 441 g/mol. The summed E-state index contributed by atoms with van der Waals surface area (Å²) in [5.74, 6) is 1.74. The van der Waals surface area contributed by atoms with Crippen molar-refractivity contribution >= 4 is 15.7 Å². The second-order valence-corrected chi connectivity index (χ2v) is 10.2. The van der Waals surface area contributed by atoms with Crippen LogP contribution in [-0.2, 0) is 16.6 Å². The maximum absolute atomic E-state index is 13.5. The highest BCUT2D eigenvalue weighted by Crippen LogP contribution is 2.36. The maximum Gasteiger partial charge on any atom is 0.264 e. The van der Waals surface area contributed by atoms with Crippen LogP contribution in [0.2, 0.25) is 0 Å². The summed E-state index contributed by atoms with van der Waals surface area (Å²) in [7, 11) is -3.68. The fourth-order valence-corrected chi connectivity index (χ4v) is 5.25. The van der Waals surface area contributed by atoms with E-state index in [1.54, 1.807) is 28.6 Å². The van der Waals surface area contributed by atoms with E-state index in [0.29, 0.717) is 24.8 Å². The third kappa shape index (κ3) is 4.61. The smallest absolute Gasteiger partial charge is 0.264 e. The first-order chi connectivity index (χ1) is 14.8. The van der Waals surface area contributed by atoms with E-state index in [2.05, 4.69) is 5.16 Å². The molecule has 0 unspecified atom stereocenters. The molecule has 1 saturated carbocycles. The molecule has 6 nitrogen and oxygen atoms in total. The highest BCUT2D eigenvalue weighted by atomic mass is 32.2. The number of anilines is 1. The van der Waals surface area contributed by atoms with Crippen LogP contribution in [0.25, 0.3) is 0 Å². The molecule has 0 radical (unpaired) electrons. The molecule has 4 rings (SSSR count). The van der Waals surface area contributed by atoms with Crippen LogP contribution in [0.1, 0.15) is 41.0 Å². The molecule has 0 bridgehead atoms. The van der Waals surface area contributed by atoms with Gasteiger partial charge in [-0.2, -0.15) is 0 Å². The second-order valence-electron chi connectivity index (χ2n) is 8.33. The summed E-state index contributed by atoms with van der Waals surface area (Å²) < 4.78 is 39.6. The number of hydrogen-bond donors (Lipinski definition) is 0. The van der Waals surface area contributed by atoms with Gasteiger partial charge in [-0.25, -0.2) is 8.42 Å². The van der Waals surface area contributed by atoms with Gasteiger partial charge in [0, 0.05) is 6.54 Å². The van der Waals surface area contributed by atoms with Crippen molar-refractivity contribution in [1.29, 1.82) is 0 Å². The highest BCUT2D eigenvalue weighted by molar-refractivity contribution is 7.92. The number of benzene rings is 2. The van der Waals surface area contributed by atoms with Gasteiger partial charge in [0.1, 0.15) is 18.1 Å².